The van der Waals surface area contributed by atoms with Crippen LogP contribution in [0.2, 0.25) is 0 Å². The van der Waals surface area contributed by atoms with Gasteiger partial charge in [0.1, 0.15) is 0 Å². The first kappa shape index (κ1) is 14.9. The Hall–Kier alpha value is -1.65. The molecule has 3 nitrogen and oxygen atoms in total. The fourth-order valence-electron chi connectivity index (χ4n) is 3.68. The summed E-state index contributed by atoms with van der Waals surface area (Å²) < 4.78 is 5.44. The van der Waals surface area contributed by atoms with Crippen LogP contribution < -0.4 is 0 Å². The summed E-state index contributed by atoms with van der Waals surface area (Å²) in [5.41, 5.74) is 2.79. The molecule has 120 valence electrons. The van der Waals surface area contributed by atoms with Crippen molar-refractivity contribution in [1.29, 1.82) is 0 Å². The molecule has 1 fully saturated rings. The van der Waals surface area contributed by atoms with Crippen LogP contribution in [0.3, 0.4) is 0 Å². The highest BCUT2D eigenvalue weighted by Gasteiger charge is 2.35. The van der Waals surface area contributed by atoms with Gasteiger partial charge in [0.25, 0.3) is 0 Å². The second kappa shape index (κ2) is 6.46. The van der Waals surface area contributed by atoms with Crippen LogP contribution in [0.4, 0.5) is 0 Å². The first-order valence-electron chi connectivity index (χ1n) is 8.28. The van der Waals surface area contributed by atoms with Crippen LogP contribution in [-0.4, -0.2) is 30.1 Å². The first-order valence-corrected chi connectivity index (χ1v) is 9.16. The highest BCUT2D eigenvalue weighted by molar-refractivity contribution is 7.09. The molecule has 2 heterocycles. The smallest absolute Gasteiger partial charge is 0.228 e. The number of benzene rings is 1. The maximum Gasteiger partial charge on any atom is 0.228 e. The Balaban J connectivity index is 1.56. The largest absolute Gasteiger partial charge is 0.381 e. The summed E-state index contributed by atoms with van der Waals surface area (Å²) >= 11 is 1.73. The molecular weight excluding hydrogens is 306 g/mol. The molecular formula is C19H21NO2S. The number of nitrogens with zero attached hydrogens (tertiary/aromatic N) is 1. The van der Waals surface area contributed by atoms with E-state index in [0.717, 1.165) is 25.8 Å². The number of rotatable bonds is 4. The molecule has 2 aliphatic rings. The molecule has 1 aliphatic heterocycles. The minimum Gasteiger partial charge on any atom is -0.381 e. The number of ether oxygens (including phenoxy) is 1. The van der Waals surface area contributed by atoms with Crippen molar-refractivity contribution < 1.29 is 9.53 Å². The lowest BCUT2D eigenvalue weighted by molar-refractivity contribution is -0.138. The topological polar surface area (TPSA) is 29.5 Å². The number of carbonyl (C=O) groups is 1. The summed E-state index contributed by atoms with van der Waals surface area (Å²) in [6.07, 6.45) is 2.81. The molecule has 1 atom stereocenters. The van der Waals surface area contributed by atoms with Crippen LogP contribution in [0.5, 0.6) is 0 Å². The molecule has 0 saturated carbocycles. The SMILES string of the molecule is O=C([C@H]1CCOC1)N(Cc1cccs1)C1Cc2ccccc2C1. The monoisotopic (exact) mass is 327 g/mol. The minimum absolute atomic E-state index is 0.0404. The van der Waals surface area contributed by atoms with E-state index >= 15 is 0 Å². The second-order valence-electron chi connectivity index (χ2n) is 6.44. The van der Waals surface area contributed by atoms with Crippen molar-refractivity contribution in [3.8, 4) is 0 Å². The average Bonchev–Trinajstić information content (AvgIpc) is 3.32. The Morgan fingerprint density at radius 3 is 2.57 bits per heavy atom. The van der Waals surface area contributed by atoms with Crippen LogP contribution in [0.25, 0.3) is 0 Å². The van der Waals surface area contributed by atoms with E-state index in [1.165, 1.54) is 16.0 Å². The Bertz CT molecular complexity index is 651. The summed E-state index contributed by atoms with van der Waals surface area (Å²) in [6.45, 7) is 2.03. The highest BCUT2D eigenvalue weighted by atomic mass is 32.1. The van der Waals surface area contributed by atoms with Gasteiger partial charge in [-0.3, -0.25) is 4.79 Å². The zero-order valence-corrected chi connectivity index (χ0v) is 13.9. The quantitative estimate of drug-likeness (QED) is 0.862. The van der Waals surface area contributed by atoms with E-state index in [9.17, 15) is 4.79 Å². The number of carbonyl (C=O) groups excluding carboxylic acids is 1. The van der Waals surface area contributed by atoms with Crippen molar-refractivity contribution >= 4 is 17.2 Å². The van der Waals surface area contributed by atoms with Crippen molar-refractivity contribution in [3.63, 3.8) is 0 Å². The summed E-state index contributed by atoms with van der Waals surface area (Å²) in [6, 6.07) is 13.0. The lowest BCUT2D eigenvalue weighted by atomic mass is 10.0. The van der Waals surface area contributed by atoms with Gasteiger partial charge < -0.3 is 9.64 Å². The van der Waals surface area contributed by atoms with E-state index in [1.807, 2.05) is 0 Å². The Kier molecular flexibility index (Phi) is 4.19. The molecule has 1 aliphatic carbocycles. The molecule has 1 amide bonds. The third kappa shape index (κ3) is 3.06. The molecule has 2 aromatic rings. The molecule has 0 radical (unpaired) electrons. The van der Waals surface area contributed by atoms with Crippen LogP contribution >= 0.6 is 11.3 Å². The van der Waals surface area contributed by atoms with Gasteiger partial charge in [-0.15, -0.1) is 11.3 Å². The van der Waals surface area contributed by atoms with E-state index in [2.05, 4.69) is 46.7 Å². The Labute approximate surface area is 140 Å². The fraction of sp³-hybridized carbons (Fsp3) is 0.421. The number of amides is 1. The minimum atomic E-state index is 0.0404. The lowest BCUT2D eigenvalue weighted by Crippen LogP contribution is -2.43. The summed E-state index contributed by atoms with van der Waals surface area (Å²) in [4.78, 5) is 16.4. The Morgan fingerprint density at radius 1 is 1.17 bits per heavy atom. The van der Waals surface area contributed by atoms with Crippen molar-refractivity contribution in [1.82, 2.24) is 4.90 Å². The van der Waals surface area contributed by atoms with E-state index in [1.54, 1.807) is 11.3 Å². The molecule has 0 bridgehead atoms. The van der Waals surface area contributed by atoms with Gasteiger partial charge in [0, 0.05) is 17.5 Å². The number of hydrogen-bond donors (Lipinski definition) is 0. The summed E-state index contributed by atoms with van der Waals surface area (Å²) in [5.74, 6) is 0.312. The van der Waals surface area contributed by atoms with Gasteiger partial charge in [-0.05, 0) is 41.8 Å². The van der Waals surface area contributed by atoms with Crippen LogP contribution in [0, 0.1) is 5.92 Å². The second-order valence-corrected chi connectivity index (χ2v) is 7.47. The van der Waals surface area contributed by atoms with Crippen molar-refractivity contribution in [2.75, 3.05) is 13.2 Å². The lowest BCUT2D eigenvalue weighted by Gasteiger charge is -2.30. The first-order chi connectivity index (χ1) is 11.3. The molecule has 4 rings (SSSR count). The van der Waals surface area contributed by atoms with Gasteiger partial charge in [0.2, 0.25) is 5.91 Å². The van der Waals surface area contributed by atoms with E-state index in [-0.39, 0.29) is 17.9 Å². The third-order valence-corrected chi connectivity index (χ3v) is 5.80. The molecule has 0 unspecified atom stereocenters. The van der Waals surface area contributed by atoms with Gasteiger partial charge in [0.15, 0.2) is 0 Å². The molecule has 0 spiro atoms. The van der Waals surface area contributed by atoms with Gasteiger partial charge in [-0.1, -0.05) is 30.3 Å². The third-order valence-electron chi connectivity index (χ3n) is 4.94. The number of thiophene rings is 1. The molecule has 0 N–H and O–H groups in total. The molecule has 1 aromatic heterocycles. The van der Waals surface area contributed by atoms with Crippen molar-refractivity contribution in [2.45, 2.75) is 31.8 Å². The highest BCUT2D eigenvalue weighted by Crippen LogP contribution is 2.29. The molecule has 1 aromatic carbocycles. The molecule has 23 heavy (non-hydrogen) atoms. The standard InChI is InChI=1S/C19H21NO2S/c21-19(16-7-8-22-13-16)20(12-18-6-3-9-23-18)17-10-14-4-1-2-5-15(14)11-17/h1-6,9,16-17H,7-8,10-13H2/t16-/m0/s1. The van der Waals surface area contributed by atoms with Gasteiger partial charge in [-0.25, -0.2) is 0 Å². The summed E-state index contributed by atoms with van der Waals surface area (Å²) in [7, 11) is 0. The molecule has 1 saturated heterocycles. The van der Waals surface area contributed by atoms with Gasteiger partial charge >= 0.3 is 0 Å². The summed E-state index contributed by atoms with van der Waals surface area (Å²) in [5, 5.41) is 2.08. The van der Waals surface area contributed by atoms with Gasteiger partial charge in [0.05, 0.1) is 19.1 Å². The van der Waals surface area contributed by atoms with Crippen LogP contribution in [0.15, 0.2) is 41.8 Å². The zero-order valence-electron chi connectivity index (χ0n) is 13.1. The fourth-order valence-corrected chi connectivity index (χ4v) is 4.38. The predicted molar refractivity (Wildman–Crippen MR) is 91.4 cm³/mol. The van der Waals surface area contributed by atoms with Crippen molar-refractivity contribution in [3.05, 3.63) is 57.8 Å². The zero-order chi connectivity index (χ0) is 15.6. The number of hydrogen-bond acceptors (Lipinski definition) is 3. The van der Waals surface area contributed by atoms with Crippen LogP contribution in [0.1, 0.15) is 22.4 Å². The normalized spacial score (nSPS) is 20.6. The van der Waals surface area contributed by atoms with Gasteiger partial charge in [-0.2, -0.15) is 0 Å². The van der Waals surface area contributed by atoms with Crippen molar-refractivity contribution in [2.24, 2.45) is 5.92 Å². The maximum atomic E-state index is 13.1. The van der Waals surface area contributed by atoms with E-state index in [0.29, 0.717) is 13.2 Å². The van der Waals surface area contributed by atoms with E-state index in [4.69, 9.17) is 4.74 Å². The van der Waals surface area contributed by atoms with Crippen LogP contribution in [-0.2, 0) is 28.9 Å². The molecule has 4 heteroatoms. The average molecular weight is 327 g/mol. The maximum absolute atomic E-state index is 13.1. The number of fused-ring (bicyclic) bond motifs is 1. The Morgan fingerprint density at radius 2 is 1.96 bits per heavy atom. The predicted octanol–water partition coefficient (Wildman–Crippen LogP) is 3.28. The van der Waals surface area contributed by atoms with E-state index < -0.39 is 0 Å².